The van der Waals surface area contributed by atoms with E-state index in [0.717, 1.165) is 24.2 Å². The van der Waals surface area contributed by atoms with E-state index in [4.69, 9.17) is 0 Å². The normalized spacial score (nSPS) is 13.5. The van der Waals surface area contributed by atoms with Gasteiger partial charge in [-0.25, -0.2) is 0 Å². The van der Waals surface area contributed by atoms with Crippen LogP contribution in [0.2, 0.25) is 0 Å². The molecule has 1 heterocycles. The Morgan fingerprint density at radius 2 is 1.29 bits per heavy atom. The van der Waals surface area contributed by atoms with Crippen LogP contribution < -0.4 is 4.90 Å². The molecule has 3 rings (SSSR count). The first-order valence-corrected chi connectivity index (χ1v) is 5.74. The number of benzene rings is 2. The molecule has 83 valence electrons. The number of rotatable bonds is 1. The molecule has 1 aliphatic heterocycles. The Labute approximate surface area is 100 Å². The lowest BCUT2D eigenvalue weighted by Gasteiger charge is -2.18. The minimum atomic E-state index is 0.951. The third-order valence-electron chi connectivity index (χ3n) is 3.22. The number of fused-ring (bicyclic) bond motifs is 2. The molecule has 0 saturated carbocycles. The molecule has 0 bridgehead atoms. The van der Waals surface area contributed by atoms with Crippen molar-refractivity contribution in [2.75, 3.05) is 4.90 Å². The van der Waals surface area contributed by atoms with E-state index in [1.165, 1.54) is 11.1 Å². The molecule has 0 aromatic heterocycles. The average molecular weight is 222 g/mol. The molecule has 0 unspecified atom stereocenters. The van der Waals surface area contributed by atoms with Crippen molar-refractivity contribution < 1.29 is 4.79 Å². The zero-order chi connectivity index (χ0) is 11.7. The van der Waals surface area contributed by atoms with Crippen LogP contribution in [0.25, 0.3) is 0 Å². The van der Waals surface area contributed by atoms with Crippen LogP contribution in [-0.4, -0.2) is 6.41 Å². The van der Waals surface area contributed by atoms with Crippen LogP contribution in [0.4, 0.5) is 11.4 Å². The molecule has 17 heavy (non-hydrogen) atoms. The molecule has 2 aromatic rings. The van der Waals surface area contributed by atoms with E-state index < -0.39 is 0 Å². The lowest BCUT2D eigenvalue weighted by molar-refractivity contribution is 0.556. The highest BCUT2D eigenvalue weighted by Crippen LogP contribution is 2.34. The van der Waals surface area contributed by atoms with E-state index in [9.17, 15) is 4.79 Å². The Hall–Kier alpha value is -2.09. The molecular weight excluding hydrogens is 210 g/mol. The molecule has 0 spiro atoms. The summed E-state index contributed by atoms with van der Waals surface area (Å²) >= 11 is 0. The van der Waals surface area contributed by atoms with Gasteiger partial charge in [-0.2, -0.15) is 0 Å². The maximum atomic E-state index is 11.2. The Bertz CT molecular complexity index is 515. The molecule has 2 aromatic carbocycles. The predicted molar refractivity (Wildman–Crippen MR) is 68.1 cm³/mol. The summed E-state index contributed by atoms with van der Waals surface area (Å²) in [5.74, 6) is 0. The zero-order valence-electron chi connectivity index (χ0n) is 9.39. The van der Waals surface area contributed by atoms with Crippen molar-refractivity contribution in [3.63, 3.8) is 0 Å². The van der Waals surface area contributed by atoms with Crippen molar-refractivity contribution in [2.24, 2.45) is 0 Å². The largest absolute Gasteiger partial charge is 0.321 e. The number of nitrogens with zero attached hydrogens (tertiary/aromatic N) is 1. The zero-order valence-corrected chi connectivity index (χ0v) is 9.39. The van der Waals surface area contributed by atoms with Crippen LogP contribution in [0, 0.1) is 0 Å². The number of anilines is 2. The van der Waals surface area contributed by atoms with Gasteiger partial charge in [-0.1, -0.05) is 36.4 Å². The highest BCUT2D eigenvalue weighted by molar-refractivity contribution is 5.90. The lowest BCUT2D eigenvalue weighted by Crippen LogP contribution is -2.15. The van der Waals surface area contributed by atoms with E-state index in [1.807, 2.05) is 42.8 Å². The third-order valence-corrected chi connectivity index (χ3v) is 3.22. The monoisotopic (exact) mass is 222 g/mol. The number of amides is 1. The molecule has 0 saturated heterocycles. The smallest absolute Gasteiger partial charge is 0.272 e. The van der Waals surface area contributed by atoms with Gasteiger partial charge < -0.3 is 0 Å². The number of aryl methyl sites for hydroxylation is 2. The van der Waals surface area contributed by atoms with Gasteiger partial charge in [0.05, 0.1) is 11.4 Å². The molecule has 0 N–H and O–H groups in total. The van der Waals surface area contributed by atoms with E-state index >= 15 is 0 Å². The Kier molecular flexibility index (Phi) is 2.41. The van der Waals surface area contributed by atoms with Gasteiger partial charge in [0, 0.05) is 0 Å². The maximum absolute atomic E-state index is 11.2. The third kappa shape index (κ3) is 1.62. The summed E-state index contributed by atoms with van der Waals surface area (Å²) in [4.78, 5) is 12.9. The Balaban J connectivity index is 2.22. The van der Waals surface area contributed by atoms with Gasteiger partial charge in [0.15, 0.2) is 0 Å². The first kappa shape index (κ1) is 10.1. The summed E-state index contributed by atoms with van der Waals surface area (Å²) in [6.07, 6.45) is 3.97. The Morgan fingerprint density at radius 3 is 1.76 bits per heavy atom. The van der Waals surface area contributed by atoms with Gasteiger partial charge in [-0.05, 0) is 36.1 Å². The first-order valence-electron chi connectivity index (χ1n) is 5.74. The first-order chi connectivity index (χ1) is 8.40. The number of carbonyl (C=O) groups excluding carboxylic acids is 1. The van der Waals surface area contributed by atoms with Crippen LogP contribution in [0.1, 0.15) is 11.1 Å². The topological polar surface area (TPSA) is 20.3 Å². The van der Waals surface area contributed by atoms with Gasteiger partial charge in [0.1, 0.15) is 0 Å². The van der Waals surface area contributed by atoms with E-state index in [2.05, 4.69) is 12.1 Å². The van der Waals surface area contributed by atoms with Crippen molar-refractivity contribution in [3.05, 3.63) is 59.7 Å². The fraction of sp³-hybridized carbons (Fsp3) is 0.133. The van der Waals surface area contributed by atoms with Crippen molar-refractivity contribution in [2.45, 2.75) is 12.8 Å². The molecule has 2 heteroatoms. The second kappa shape index (κ2) is 4.06. The predicted octanol–water partition coefficient (Wildman–Crippen LogP) is 2.99. The second-order valence-corrected chi connectivity index (χ2v) is 4.18. The number of hydrogen-bond donors (Lipinski definition) is 0. The molecule has 0 aliphatic carbocycles. The summed E-state index contributed by atoms with van der Waals surface area (Å²) in [6, 6.07) is 16.0. The van der Waals surface area contributed by atoms with Crippen LogP contribution in [0.15, 0.2) is 48.5 Å². The Morgan fingerprint density at radius 1 is 0.824 bits per heavy atom. The maximum Gasteiger partial charge on any atom is 0.321 e. The molecule has 2 nitrogen and oxygen atoms in total. The average Bonchev–Trinajstić information content (AvgIpc) is 2.55. The van der Waals surface area contributed by atoms with Crippen LogP contribution in [-0.2, 0) is 17.6 Å². The van der Waals surface area contributed by atoms with E-state index in [-0.39, 0.29) is 0 Å². The van der Waals surface area contributed by atoms with E-state index in [0.29, 0.717) is 0 Å². The summed E-state index contributed by atoms with van der Waals surface area (Å²) in [7, 11) is 0. The summed E-state index contributed by atoms with van der Waals surface area (Å²) in [6.45, 7) is 0. The van der Waals surface area contributed by atoms with Crippen molar-refractivity contribution in [3.8, 4) is 0 Å². The van der Waals surface area contributed by atoms with Crippen LogP contribution in [0.3, 0.4) is 0 Å². The van der Waals surface area contributed by atoms with Crippen LogP contribution >= 0.6 is 0 Å². The fourth-order valence-corrected chi connectivity index (χ4v) is 2.38. The van der Waals surface area contributed by atoms with Gasteiger partial charge in [-0.15, -0.1) is 0 Å². The van der Waals surface area contributed by atoms with Crippen molar-refractivity contribution in [1.29, 1.82) is 0 Å². The molecular formula is C15H12NO. The van der Waals surface area contributed by atoms with Crippen molar-refractivity contribution >= 4 is 17.8 Å². The highest BCUT2D eigenvalue weighted by Gasteiger charge is 2.19. The quantitative estimate of drug-likeness (QED) is 0.726. The summed E-state index contributed by atoms with van der Waals surface area (Å²) < 4.78 is 0. The highest BCUT2D eigenvalue weighted by atomic mass is 16.1. The molecule has 1 amide bonds. The summed E-state index contributed by atoms with van der Waals surface area (Å²) in [5.41, 5.74) is 4.30. The minimum Gasteiger partial charge on any atom is -0.272 e. The van der Waals surface area contributed by atoms with Gasteiger partial charge in [0.25, 0.3) is 0 Å². The number of hydrogen-bond acceptors (Lipinski definition) is 1. The van der Waals surface area contributed by atoms with Gasteiger partial charge in [0.2, 0.25) is 0 Å². The van der Waals surface area contributed by atoms with Gasteiger partial charge >= 0.3 is 6.41 Å². The lowest BCUT2D eigenvalue weighted by atomic mass is 10.0. The fourth-order valence-electron chi connectivity index (χ4n) is 2.38. The molecule has 1 radical (unpaired) electrons. The molecule has 0 atom stereocenters. The van der Waals surface area contributed by atoms with Crippen LogP contribution in [0.5, 0.6) is 0 Å². The molecule has 0 fully saturated rings. The second-order valence-electron chi connectivity index (χ2n) is 4.18. The van der Waals surface area contributed by atoms with Gasteiger partial charge in [-0.3, -0.25) is 9.69 Å². The summed E-state index contributed by atoms with van der Waals surface area (Å²) in [5, 5.41) is 0. The number of para-hydroxylation sites is 2. The van der Waals surface area contributed by atoms with E-state index in [1.54, 1.807) is 4.90 Å². The minimum absolute atomic E-state index is 0.951. The molecule has 1 aliphatic rings. The van der Waals surface area contributed by atoms with Crippen molar-refractivity contribution in [1.82, 2.24) is 0 Å². The SMILES string of the molecule is O=[C]N1c2ccccc2CCc2ccccc21. The standard InChI is InChI=1S/C15H12NO/c17-11-16-14-7-3-1-5-12(14)9-10-13-6-2-4-8-15(13)16/h1-8H,9-10H2.